The molecule has 0 saturated carbocycles. The van der Waals surface area contributed by atoms with Gasteiger partial charge in [0.15, 0.2) is 0 Å². The Balaban J connectivity index is 2.46. The standard InChI is InChI=1S/C14H23N3O4S2/c1-11-12(2)17(9-8-15-11)23(20,21)14-7-5-6-13(10-14)22(18,19)16(3)4/h5-7,10-12,15H,8-9H2,1-4H3. The molecule has 1 aliphatic rings. The normalized spacial score (nSPS) is 24.0. The van der Waals surface area contributed by atoms with E-state index in [0.717, 1.165) is 4.31 Å². The van der Waals surface area contributed by atoms with Crippen LogP contribution in [0.4, 0.5) is 0 Å². The third kappa shape index (κ3) is 3.43. The van der Waals surface area contributed by atoms with Crippen molar-refractivity contribution in [2.24, 2.45) is 0 Å². The molecule has 1 N–H and O–H groups in total. The van der Waals surface area contributed by atoms with Crippen molar-refractivity contribution in [1.29, 1.82) is 0 Å². The Kier molecular flexibility index (Phi) is 5.17. The summed E-state index contributed by atoms with van der Waals surface area (Å²) >= 11 is 0. The highest BCUT2D eigenvalue weighted by Crippen LogP contribution is 2.24. The van der Waals surface area contributed by atoms with E-state index in [9.17, 15) is 16.8 Å². The molecule has 1 fully saturated rings. The smallest absolute Gasteiger partial charge is 0.243 e. The molecule has 0 amide bonds. The van der Waals surface area contributed by atoms with Gasteiger partial charge in [-0.3, -0.25) is 0 Å². The van der Waals surface area contributed by atoms with Crippen LogP contribution in [0.2, 0.25) is 0 Å². The summed E-state index contributed by atoms with van der Waals surface area (Å²) in [4.78, 5) is -0.0271. The van der Waals surface area contributed by atoms with E-state index in [1.54, 1.807) is 0 Å². The van der Waals surface area contributed by atoms with Crippen molar-refractivity contribution in [3.05, 3.63) is 24.3 Å². The molecule has 0 spiro atoms. The maximum atomic E-state index is 12.9. The van der Waals surface area contributed by atoms with Crippen LogP contribution in [0.3, 0.4) is 0 Å². The van der Waals surface area contributed by atoms with E-state index in [-0.39, 0.29) is 21.9 Å². The molecule has 2 rings (SSSR count). The maximum Gasteiger partial charge on any atom is 0.243 e. The number of sulfonamides is 2. The minimum Gasteiger partial charge on any atom is -0.311 e. The zero-order chi connectivity index (χ0) is 17.4. The van der Waals surface area contributed by atoms with E-state index in [1.165, 1.54) is 42.7 Å². The summed E-state index contributed by atoms with van der Waals surface area (Å²) in [6.07, 6.45) is 0. The lowest BCUT2D eigenvalue weighted by Gasteiger charge is -2.37. The zero-order valence-electron chi connectivity index (χ0n) is 13.7. The van der Waals surface area contributed by atoms with E-state index in [2.05, 4.69) is 5.32 Å². The number of piperazine rings is 1. The van der Waals surface area contributed by atoms with Crippen LogP contribution in [0.15, 0.2) is 34.1 Å². The average molecular weight is 361 g/mol. The van der Waals surface area contributed by atoms with Gasteiger partial charge in [0.25, 0.3) is 0 Å². The van der Waals surface area contributed by atoms with Crippen LogP contribution in [0.1, 0.15) is 13.8 Å². The molecule has 1 saturated heterocycles. The first-order valence-corrected chi connectivity index (χ1v) is 10.2. The third-order valence-corrected chi connectivity index (χ3v) is 7.96. The largest absolute Gasteiger partial charge is 0.311 e. The lowest BCUT2D eigenvalue weighted by Crippen LogP contribution is -2.57. The number of hydrogen-bond donors (Lipinski definition) is 1. The number of benzene rings is 1. The highest BCUT2D eigenvalue weighted by Gasteiger charge is 2.35. The molecule has 1 aromatic carbocycles. The molecule has 7 nitrogen and oxygen atoms in total. The molecular weight excluding hydrogens is 338 g/mol. The van der Waals surface area contributed by atoms with Crippen molar-refractivity contribution in [1.82, 2.24) is 13.9 Å². The van der Waals surface area contributed by atoms with Crippen LogP contribution in [0.25, 0.3) is 0 Å². The molecule has 1 heterocycles. The third-order valence-electron chi connectivity index (χ3n) is 4.17. The Morgan fingerprint density at radius 2 is 1.74 bits per heavy atom. The van der Waals surface area contributed by atoms with Crippen LogP contribution >= 0.6 is 0 Å². The van der Waals surface area contributed by atoms with Gasteiger partial charge in [-0.1, -0.05) is 6.07 Å². The molecule has 2 unspecified atom stereocenters. The van der Waals surface area contributed by atoms with Gasteiger partial charge < -0.3 is 5.32 Å². The number of rotatable bonds is 4. The number of hydrogen-bond acceptors (Lipinski definition) is 5. The summed E-state index contributed by atoms with van der Waals surface area (Å²) in [6, 6.07) is 5.35. The molecule has 0 bridgehead atoms. The van der Waals surface area contributed by atoms with E-state index < -0.39 is 20.0 Å². The summed E-state index contributed by atoms with van der Waals surface area (Å²) in [7, 11) is -4.59. The fraction of sp³-hybridized carbons (Fsp3) is 0.571. The van der Waals surface area contributed by atoms with Gasteiger partial charge in [-0.2, -0.15) is 4.31 Å². The van der Waals surface area contributed by atoms with Crippen molar-refractivity contribution in [2.75, 3.05) is 27.2 Å². The molecular formula is C14H23N3O4S2. The van der Waals surface area contributed by atoms with Gasteiger partial charge in [0.05, 0.1) is 9.79 Å². The Hall–Kier alpha value is -1.00. The van der Waals surface area contributed by atoms with Crippen molar-refractivity contribution in [3.63, 3.8) is 0 Å². The molecule has 1 aliphatic heterocycles. The summed E-state index contributed by atoms with van der Waals surface area (Å²) in [6.45, 7) is 4.70. The van der Waals surface area contributed by atoms with Crippen LogP contribution < -0.4 is 5.32 Å². The Morgan fingerprint density at radius 1 is 1.13 bits per heavy atom. The molecule has 2 atom stereocenters. The number of nitrogens with one attached hydrogen (secondary N) is 1. The van der Waals surface area contributed by atoms with Crippen molar-refractivity contribution >= 4 is 20.0 Å². The second-order valence-electron chi connectivity index (χ2n) is 5.86. The van der Waals surface area contributed by atoms with Crippen molar-refractivity contribution in [3.8, 4) is 0 Å². The minimum atomic E-state index is -3.74. The molecule has 1 aromatic rings. The van der Waals surface area contributed by atoms with Gasteiger partial charge in [-0.25, -0.2) is 21.1 Å². The summed E-state index contributed by atoms with van der Waals surface area (Å²) in [5.41, 5.74) is 0. The molecule has 130 valence electrons. The lowest BCUT2D eigenvalue weighted by molar-refractivity contribution is 0.233. The average Bonchev–Trinajstić information content (AvgIpc) is 2.49. The first-order valence-electron chi connectivity index (χ1n) is 7.36. The second kappa shape index (κ2) is 6.48. The highest BCUT2D eigenvalue weighted by molar-refractivity contribution is 7.90. The van der Waals surface area contributed by atoms with Gasteiger partial charge in [0, 0.05) is 39.3 Å². The van der Waals surface area contributed by atoms with E-state index in [1.807, 2.05) is 13.8 Å². The van der Waals surface area contributed by atoms with Crippen LogP contribution in [0, 0.1) is 0 Å². The van der Waals surface area contributed by atoms with Crippen LogP contribution in [-0.4, -0.2) is 64.7 Å². The van der Waals surface area contributed by atoms with Gasteiger partial charge in [-0.05, 0) is 32.0 Å². The van der Waals surface area contributed by atoms with Gasteiger partial charge in [0.1, 0.15) is 0 Å². The van der Waals surface area contributed by atoms with E-state index in [4.69, 9.17) is 0 Å². The SMILES string of the molecule is CC1NCCN(S(=O)(=O)c2cccc(S(=O)(=O)N(C)C)c2)C1C. The molecule has 0 aromatic heterocycles. The Labute approximate surface area is 138 Å². The molecule has 9 heteroatoms. The minimum absolute atomic E-state index is 0.00127. The molecule has 0 aliphatic carbocycles. The predicted octanol–water partition coefficient (Wildman–Crippen LogP) is 0.308. The van der Waals surface area contributed by atoms with E-state index >= 15 is 0 Å². The Bertz CT molecular complexity index is 775. The molecule has 0 radical (unpaired) electrons. The van der Waals surface area contributed by atoms with Gasteiger partial charge in [0.2, 0.25) is 20.0 Å². The monoisotopic (exact) mass is 361 g/mol. The first-order chi connectivity index (χ1) is 10.6. The summed E-state index contributed by atoms with van der Waals surface area (Å²) in [5.74, 6) is 0. The number of nitrogens with zero attached hydrogens (tertiary/aromatic N) is 2. The lowest BCUT2D eigenvalue weighted by atomic mass is 10.1. The fourth-order valence-corrected chi connectivity index (χ4v) is 5.28. The van der Waals surface area contributed by atoms with E-state index in [0.29, 0.717) is 13.1 Å². The molecule has 23 heavy (non-hydrogen) atoms. The zero-order valence-corrected chi connectivity index (χ0v) is 15.4. The fourth-order valence-electron chi connectivity index (χ4n) is 2.51. The Morgan fingerprint density at radius 3 is 2.35 bits per heavy atom. The van der Waals surface area contributed by atoms with Crippen LogP contribution in [0.5, 0.6) is 0 Å². The summed E-state index contributed by atoms with van der Waals surface area (Å²) < 4.78 is 52.7. The van der Waals surface area contributed by atoms with Crippen molar-refractivity contribution in [2.45, 2.75) is 35.7 Å². The van der Waals surface area contributed by atoms with Gasteiger partial charge in [-0.15, -0.1) is 0 Å². The predicted molar refractivity (Wildman–Crippen MR) is 88.1 cm³/mol. The first kappa shape index (κ1) is 18.3. The highest BCUT2D eigenvalue weighted by atomic mass is 32.2. The maximum absolute atomic E-state index is 12.9. The summed E-state index contributed by atoms with van der Waals surface area (Å²) in [5, 5.41) is 3.23. The van der Waals surface area contributed by atoms with Gasteiger partial charge >= 0.3 is 0 Å². The van der Waals surface area contributed by atoms with Crippen molar-refractivity contribution < 1.29 is 16.8 Å². The van der Waals surface area contributed by atoms with Crippen LogP contribution in [-0.2, 0) is 20.0 Å². The quantitative estimate of drug-likeness (QED) is 0.834. The topological polar surface area (TPSA) is 86.8 Å². The second-order valence-corrected chi connectivity index (χ2v) is 9.90.